The van der Waals surface area contributed by atoms with E-state index in [2.05, 4.69) is 9.80 Å². The summed E-state index contributed by atoms with van der Waals surface area (Å²) in [7, 11) is 0. The van der Waals surface area contributed by atoms with Crippen LogP contribution in [0.4, 0.5) is 0 Å². The van der Waals surface area contributed by atoms with Crippen LogP contribution in [0, 0.1) is 0 Å². The summed E-state index contributed by atoms with van der Waals surface area (Å²) in [5.41, 5.74) is 0.162. The van der Waals surface area contributed by atoms with E-state index in [0.717, 1.165) is 32.7 Å². The smallest absolute Gasteiger partial charge is 0.339 e. The molecule has 3 aliphatic rings. The maximum Gasteiger partial charge on any atom is 0.339 e. The predicted molar refractivity (Wildman–Crippen MR) is 77.6 cm³/mol. The Balaban J connectivity index is 1.63. The van der Waals surface area contributed by atoms with Crippen LogP contribution in [-0.2, 0) is 15.8 Å². The van der Waals surface area contributed by atoms with Crippen LogP contribution in [0.5, 0.6) is 0 Å². The normalized spacial score (nSPS) is 29.1. The molecule has 4 rings (SSSR count). The molecule has 0 amide bonds. The Morgan fingerprint density at radius 2 is 2.00 bits per heavy atom. The maximum atomic E-state index is 12.1. The number of nitrogens with zero attached hydrogens (tertiary/aromatic N) is 2. The third-order valence-corrected chi connectivity index (χ3v) is 4.83. The first kappa shape index (κ1) is 14.6. The van der Waals surface area contributed by atoms with E-state index >= 15 is 0 Å². The third-order valence-electron chi connectivity index (χ3n) is 4.09. The first-order chi connectivity index (χ1) is 10.1. The van der Waals surface area contributed by atoms with Crippen LogP contribution in [0.1, 0.15) is 10.4 Å². The molecular formula is C14H18N2O4S. The van der Waals surface area contributed by atoms with Crippen molar-refractivity contribution in [3.8, 4) is 0 Å². The van der Waals surface area contributed by atoms with Gasteiger partial charge in [0.25, 0.3) is 0 Å². The number of rotatable bonds is 4. The quantitative estimate of drug-likeness (QED) is 0.642. The molecule has 0 saturated carbocycles. The fourth-order valence-corrected chi connectivity index (χ4v) is 3.45. The first-order valence-corrected chi connectivity index (χ1v) is 8.09. The van der Waals surface area contributed by atoms with E-state index in [0.29, 0.717) is 6.61 Å². The number of hydrogen-bond donors (Lipinski definition) is 1. The molecule has 1 aromatic rings. The average molecular weight is 310 g/mol. The summed E-state index contributed by atoms with van der Waals surface area (Å²) in [4.78, 5) is 16.9. The Morgan fingerprint density at radius 3 is 2.62 bits per heavy atom. The van der Waals surface area contributed by atoms with Crippen molar-refractivity contribution in [1.29, 1.82) is 0 Å². The van der Waals surface area contributed by atoms with Crippen LogP contribution in [-0.4, -0.2) is 69.9 Å². The maximum absolute atomic E-state index is 12.1. The number of piperazine rings is 3. The van der Waals surface area contributed by atoms with Crippen LogP contribution < -0.4 is 0 Å². The Labute approximate surface area is 126 Å². The molecule has 3 heterocycles. The number of carbonyl (C=O) groups is 1. The molecule has 0 spiro atoms. The van der Waals surface area contributed by atoms with Crippen molar-refractivity contribution in [2.45, 2.75) is 10.9 Å². The summed E-state index contributed by atoms with van der Waals surface area (Å²) in [5, 5.41) is 0. The molecule has 0 aliphatic carbocycles. The van der Waals surface area contributed by atoms with Gasteiger partial charge in [0.15, 0.2) is 11.1 Å². The lowest BCUT2D eigenvalue weighted by Crippen LogP contribution is -2.62. The summed E-state index contributed by atoms with van der Waals surface area (Å²) in [6.45, 7) is 5.43. The Morgan fingerprint density at radius 1 is 1.29 bits per heavy atom. The molecule has 2 bridgehead atoms. The molecule has 114 valence electrons. The number of hydrogen-bond acceptors (Lipinski definition) is 5. The van der Waals surface area contributed by atoms with Crippen LogP contribution >= 0.6 is 0 Å². The lowest BCUT2D eigenvalue weighted by molar-refractivity contribution is -0.0217. The van der Waals surface area contributed by atoms with Gasteiger partial charge in [-0.05, 0) is 12.1 Å². The highest BCUT2D eigenvalue weighted by molar-refractivity contribution is 7.79. The number of ether oxygens (including phenoxy) is 1. The molecule has 2 atom stereocenters. The average Bonchev–Trinajstić information content (AvgIpc) is 2.53. The zero-order valence-electron chi connectivity index (χ0n) is 11.6. The molecule has 3 aliphatic heterocycles. The van der Waals surface area contributed by atoms with Gasteiger partial charge in [-0.15, -0.1) is 0 Å². The van der Waals surface area contributed by atoms with E-state index < -0.39 is 17.0 Å². The van der Waals surface area contributed by atoms with Gasteiger partial charge in [-0.2, -0.15) is 0 Å². The van der Waals surface area contributed by atoms with Crippen molar-refractivity contribution >= 4 is 17.0 Å². The Kier molecular flexibility index (Phi) is 4.34. The van der Waals surface area contributed by atoms with Gasteiger partial charge in [-0.1, -0.05) is 12.1 Å². The lowest BCUT2D eigenvalue weighted by Gasteiger charge is -2.47. The van der Waals surface area contributed by atoms with Crippen molar-refractivity contribution < 1.29 is 18.3 Å². The molecule has 1 aromatic carbocycles. The first-order valence-electron chi connectivity index (χ1n) is 6.98. The summed E-state index contributed by atoms with van der Waals surface area (Å²) >= 11 is -2.19. The molecule has 1 N–H and O–H groups in total. The minimum atomic E-state index is -2.19. The largest absolute Gasteiger partial charge is 0.460 e. The second-order valence-electron chi connectivity index (χ2n) is 5.33. The highest BCUT2D eigenvalue weighted by Crippen LogP contribution is 2.18. The number of esters is 1. The van der Waals surface area contributed by atoms with Crippen molar-refractivity contribution in [2.75, 3.05) is 39.3 Å². The predicted octanol–water partition coefficient (Wildman–Crippen LogP) is 0.424. The van der Waals surface area contributed by atoms with Crippen LogP contribution in [0.25, 0.3) is 0 Å². The lowest BCUT2D eigenvalue weighted by atomic mass is 10.1. The third kappa shape index (κ3) is 3.16. The van der Waals surface area contributed by atoms with Gasteiger partial charge in [0.05, 0.1) is 16.5 Å². The fraction of sp³-hybridized carbons (Fsp3) is 0.500. The summed E-state index contributed by atoms with van der Waals surface area (Å²) in [6, 6.07) is 6.49. The summed E-state index contributed by atoms with van der Waals surface area (Å²) in [5.74, 6) is -0.536. The van der Waals surface area contributed by atoms with Crippen molar-refractivity contribution in [1.82, 2.24) is 9.80 Å². The molecular weight excluding hydrogens is 292 g/mol. The van der Waals surface area contributed by atoms with E-state index in [1.54, 1.807) is 12.1 Å². The standard InChI is InChI=1S/C14H18N2O4S/c17-14(12-3-1-2-4-13(12)21(18)19)20-10-11-9-15-5-7-16(11)8-6-15/h1-4,11H,5-10H2,(H,18,19). The van der Waals surface area contributed by atoms with Gasteiger partial charge in [0.1, 0.15) is 6.61 Å². The van der Waals surface area contributed by atoms with E-state index in [-0.39, 0.29) is 16.5 Å². The van der Waals surface area contributed by atoms with E-state index in [1.807, 2.05) is 0 Å². The van der Waals surface area contributed by atoms with Gasteiger partial charge in [-0.25, -0.2) is 9.00 Å². The zero-order valence-corrected chi connectivity index (χ0v) is 12.4. The Bertz CT molecular complexity index is 558. The van der Waals surface area contributed by atoms with Gasteiger partial charge < -0.3 is 9.29 Å². The summed E-state index contributed by atoms with van der Waals surface area (Å²) in [6.07, 6.45) is 0. The van der Waals surface area contributed by atoms with Crippen molar-refractivity contribution in [3.63, 3.8) is 0 Å². The minimum Gasteiger partial charge on any atom is -0.460 e. The molecule has 6 nitrogen and oxygen atoms in total. The van der Waals surface area contributed by atoms with Gasteiger partial charge in [0.2, 0.25) is 0 Å². The topological polar surface area (TPSA) is 70.1 Å². The Hall–Kier alpha value is -1.28. The number of benzene rings is 1. The molecule has 0 radical (unpaired) electrons. The van der Waals surface area contributed by atoms with Crippen molar-refractivity contribution in [3.05, 3.63) is 29.8 Å². The van der Waals surface area contributed by atoms with Crippen LogP contribution in [0.2, 0.25) is 0 Å². The summed E-state index contributed by atoms with van der Waals surface area (Å²) < 4.78 is 25.8. The van der Waals surface area contributed by atoms with E-state index in [9.17, 15) is 13.6 Å². The van der Waals surface area contributed by atoms with E-state index in [1.165, 1.54) is 12.1 Å². The highest BCUT2D eigenvalue weighted by Gasteiger charge is 2.32. The SMILES string of the molecule is O=C(OCC1CN2CCN1CC2)c1ccccc1S(=O)O. The van der Waals surface area contributed by atoms with Gasteiger partial charge in [0, 0.05) is 32.7 Å². The number of fused-ring (bicyclic) bond motifs is 3. The number of carbonyl (C=O) groups excluding carboxylic acids is 1. The molecule has 2 unspecified atom stereocenters. The van der Waals surface area contributed by atoms with Gasteiger partial charge >= 0.3 is 5.97 Å². The molecule has 0 aromatic heterocycles. The fourth-order valence-electron chi connectivity index (χ4n) is 2.92. The molecule has 21 heavy (non-hydrogen) atoms. The minimum absolute atomic E-state index is 0.0942. The van der Waals surface area contributed by atoms with Crippen molar-refractivity contribution in [2.24, 2.45) is 0 Å². The molecule has 3 fully saturated rings. The van der Waals surface area contributed by atoms with Crippen LogP contribution in [0.3, 0.4) is 0 Å². The van der Waals surface area contributed by atoms with Crippen LogP contribution in [0.15, 0.2) is 29.2 Å². The highest BCUT2D eigenvalue weighted by atomic mass is 32.2. The second-order valence-corrected chi connectivity index (χ2v) is 6.27. The zero-order chi connectivity index (χ0) is 14.8. The second kappa shape index (κ2) is 6.23. The van der Waals surface area contributed by atoms with Gasteiger partial charge in [-0.3, -0.25) is 9.80 Å². The monoisotopic (exact) mass is 310 g/mol. The molecule has 3 saturated heterocycles. The molecule has 7 heteroatoms. The van der Waals surface area contributed by atoms with E-state index in [4.69, 9.17) is 4.74 Å².